The Kier molecular flexibility index (Phi) is 23.7. The van der Waals surface area contributed by atoms with Gasteiger partial charge in [-0.1, -0.05) is 0 Å². The van der Waals surface area contributed by atoms with E-state index in [4.69, 9.17) is 4.79 Å². The van der Waals surface area contributed by atoms with Gasteiger partial charge in [-0.15, -0.1) is 23.5 Å². The smallest absolute Gasteiger partial charge is 0.229 e. The summed E-state index contributed by atoms with van der Waals surface area (Å²) >= 11 is 1.78. The first-order valence-corrected chi connectivity index (χ1v) is 8.01. The average molecular weight is 444 g/mol. The fraction of sp³-hybridized carbons (Fsp3) is 0.636. The van der Waals surface area contributed by atoms with Crippen molar-refractivity contribution in [2.24, 2.45) is 0 Å². The van der Waals surface area contributed by atoms with Crippen molar-refractivity contribution in [2.75, 3.05) is 31.9 Å². The molecule has 1 aliphatic rings. The van der Waals surface area contributed by atoms with Gasteiger partial charge >= 0.3 is 0 Å². The largest absolute Gasteiger partial charge is 0.595 e. The van der Waals surface area contributed by atoms with Crippen molar-refractivity contribution in [1.29, 1.82) is 0 Å². The fourth-order valence-electron chi connectivity index (χ4n) is 0.896. The van der Waals surface area contributed by atoms with Crippen LogP contribution < -0.4 is 10.6 Å². The van der Waals surface area contributed by atoms with Crippen LogP contribution in [-0.4, -0.2) is 61.2 Å². The molecule has 1 saturated heterocycles. The normalized spacial score (nSPS) is 14.9. The van der Waals surface area contributed by atoms with E-state index in [-0.39, 0.29) is 50.8 Å². The molecule has 1 atom stereocenters. The molecule has 0 aromatic heterocycles. The van der Waals surface area contributed by atoms with Crippen LogP contribution in [0.4, 0.5) is 8.78 Å². The molecular weight excluding hydrogens is 427 g/mol. The maximum atomic E-state index is 11.6. The summed E-state index contributed by atoms with van der Waals surface area (Å²) < 4.78 is 22.9. The van der Waals surface area contributed by atoms with Gasteiger partial charge in [0.2, 0.25) is 5.91 Å². The number of carbonyl (C=O) groups is 3. The quantitative estimate of drug-likeness (QED) is 0.351. The third-order valence-electron chi connectivity index (χ3n) is 1.83. The summed E-state index contributed by atoms with van der Waals surface area (Å²) in [7, 11) is 3.04. The van der Waals surface area contributed by atoms with Gasteiger partial charge in [-0.3, -0.25) is 4.79 Å². The van der Waals surface area contributed by atoms with E-state index in [1.807, 2.05) is 0 Å². The fourth-order valence-corrected chi connectivity index (χ4v) is 1.91. The predicted molar refractivity (Wildman–Crippen MR) is 82.6 cm³/mol. The Morgan fingerprint density at radius 1 is 1.35 bits per heavy atom. The van der Waals surface area contributed by atoms with Crippen LogP contribution >= 0.6 is 23.5 Å². The number of nitrogens with zero attached hydrogens (tertiary/aromatic N) is 1. The van der Waals surface area contributed by atoms with Gasteiger partial charge in [-0.2, -0.15) is 6.41 Å². The molecule has 4 amide bonds. The molecule has 7 nitrogen and oxygen atoms in total. The Hall–Kier alpha value is -0.256. The standard InChI is InChI=1S/C5H6FNO2S.C4H8FNOS.C2H4NO.Y/c6-2-10-3-1-4(8)7-5(3)9;1-6-4(7)2-8-3-5;1-3-2-4;/h3H,1-2H2,(H,7,8,9);2-3H2,1H3,(H,6,7);1H3,(H,3,4);/q;;-1;/p-1/i6-1;5-1;;. The Bertz CT molecular complexity index is 368. The molecule has 1 rings (SSSR count). The minimum atomic E-state index is -0.640. The summed E-state index contributed by atoms with van der Waals surface area (Å²) in [5, 5.41) is 7.06. The number of nitrogens with one attached hydrogen (secondary N) is 2. The van der Waals surface area contributed by atoms with Crippen molar-refractivity contribution in [3.05, 3.63) is 5.32 Å². The van der Waals surface area contributed by atoms with Gasteiger partial charge in [0, 0.05) is 46.2 Å². The second-order valence-electron chi connectivity index (χ2n) is 3.30. The third-order valence-corrected chi connectivity index (χ3v) is 3.34. The van der Waals surface area contributed by atoms with E-state index in [1.54, 1.807) is 0 Å². The Balaban J connectivity index is -0.000000279. The zero-order valence-electron chi connectivity index (χ0n) is 12.6. The second kappa shape index (κ2) is 19.8. The van der Waals surface area contributed by atoms with Crippen LogP contribution in [0, 0.1) is 0 Å². The van der Waals surface area contributed by atoms with Crippen LogP contribution in [0.1, 0.15) is 6.42 Å². The number of thioether (sulfide) groups is 2. The molecule has 0 spiro atoms. The van der Waals surface area contributed by atoms with Crippen LogP contribution in [0.5, 0.6) is 0 Å². The average Bonchev–Trinajstić information content (AvgIpc) is 2.84. The molecule has 0 aromatic carbocycles. The van der Waals surface area contributed by atoms with Crippen LogP contribution in [0.15, 0.2) is 0 Å². The molecule has 2 N–H and O–H groups in total. The molecule has 23 heavy (non-hydrogen) atoms. The number of rotatable bonds is 6. The van der Waals surface area contributed by atoms with Crippen molar-refractivity contribution in [2.45, 2.75) is 11.7 Å². The molecule has 12 heteroatoms. The first-order valence-electron chi connectivity index (χ1n) is 5.80. The molecule has 1 heterocycles. The number of hydrogen-bond acceptors (Lipinski definition) is 6. The summed E-state index contributed by atoms with van der Waals surface area (Å²) in [4.78, 5) is 40.2. The van der Waals surface area contributed by atoms with E-state index < -0.39 is 29.1 Å². The van der Waals surface area contributed by atoms with Crippen molar-refractivity contribution >= 4 is 47.7 Å². The molecule has 1 aliphatic heterocycles. The predicted octanol–water partition coefficient (Wildman–Crippen LogP) is 0.509. The van der Waals surface area contributed by atoms with E-state index in [0.717, 1.165) is 23.5 Å². The Morgan fingerprint density at radius 3 is 2.22 bits per heavy atom. The molecule has 0 aromatic rings. The molecule has 1 radical (unpaired) electrons. The van der Waals surface area contributed by atoms with Crippen molar-refractivity contribution in [3.63, 3.8) is 0 Å². The van der Waals surface area contributed by atoms with E-state index in [9.17, 15) is 23.2 Å². The van der Waals surface area contributed by atoms with Gasteiger partial charge in [-0.25, -0.2) is 8.78 Å². The Labute approximate surface area is 167 Å². The maximum absolute atomic E-state index is 11.6. The number of halogens is 2. The molecule has 1 unspecified atom stereocenters. The second-order valence-corrected chi connectivity index (χ2v) is 5.33. The summed E-state index contributed by atoms with van der Waals surface area (Å²) in [6.07, 6.45) is 1.49. The SMILES string of the molecule is CNC(=O)CSC[18F].CN[C-]=O.O=C1CC(SC[18F])C(=O)[N-]1.[Y]. The monoisotopic (exact) mass is 444 g/mol. The van der Waals surface area contributed by atoms with Crippen molar-refractivity contribution < 1.29 is 60.7 Å². The van der Waals surface area contributed by atoms with Gasteiger partial charge < -0.3 is 30.3 Å². The minimum absolute atomic E-state index is 0. The number of carbonyl (C=O) groups excluding carboxylic acids is 4. The van der Waals surface area contributed by atoms with Gasteiger partial charge in [-0.05, 0) is 7.05 Å². The number of alkyl halides is 2. The van der Waals surface area contributed by atoms with Crippen LogP contribution in [0.3, 0.4) is 0 Å². The van der Waals surface area contributed by atoms with Crippen molar-refractivity contribution in [3.8, 4) is 0 Å². The number of hydrogen-bond donors (Lipinski definition) is 2. The van der Waals surface area contributed by atoms with Gasteiger partial charge in [0.25, 0.3) is 0 Å². The first kappa shape index (κ1) is 27.6. The van der Waals surface area contributed by atoms with E-state index >= 15 is 0 Å². The topological polar surface area (TPSA) is 106 Å². The molecule has 1 fully saturated rings. The number of imide groups is 1. The van der Waals surface area contributed by atoms with E-state index in [0.29, 0.717) is 0 Å². The van der Waals surface area contributed by atoms with Crippen LogP contribution in [-0.2, 0) is 51.9 Å². The molecule has 131 valence electrons. The van der Waals surface area contributed by atoms with E-state index in [1.165, 1.54) is 20.5 Å². The third kappa shape index (κ3) is 17.9. The summed E-state index contributed by atoms with van der Waals surface area (Å²) in [5.41, 5.74) is 0. The summed E-state index contributed by atoms with van der Waals surface area (Å²) in [5.74, 6) is -0.844. The van der Waals surface area contributed by atoms with Gasteiger partial charge in [0.1, 0.15) is 12.0 Å². The Morgan fingerprint density at radius 2 is 1.91 bits per heavy atom. The van der Waals surface area contributed by atoms with Crippen LogP contribution in [0.25, 0.3) is 5.32 Å². The minimum Gasteiger partial charge on any atom is -0.595 e. The zero-order chi connectivity index (χ0) is 17.4. The zero-order valence-corrected chi connectivity index (χ0v) is 17.1. The summed E-state index contributed by atoms with van der Waals surface area (Å²) in [6.45, 7) is 0. The first-order chi connectivity index (χ1) is 10.5. The molecular formula is C11H17F2N3O4S2Y-2. The van der Waals surface area contributed by atoms with Gasteiger partial charge in [0.05, 0.1) is 22.8 Å². The maximum Gasteiger partial charge on any atom is 0.229 e. The van der Waals surface area contributed by atoms with Crippen LogP contribution in [0.2, 0.25) is 0 Å². The number of amides is 4. The summed E-state index contributed by atoms with van der Waals surface area (Å²) in [6, 6.07) is -1.13. The molecule has 0 bridgehead atoms. The van der Waals surface area contributed by atoms with E-state index in [2.05, 4.69) is 16.0 Å². The van der Waals surface area contributed by atoms with Crippen molar-refractivity contribution in [1.82, 2.24) is 10.6 Å². The molecule has 0 saturated carbocycles. The molecule has 0 aliphatic carbocycles. The van der Waals surface area contributed by atoms with Gasteiger partial charge in [0.15, 0.2) is 0 Å².